The fourth-order valence-corrected chi connectivity index (χ4v) is 7.87. The van der Waals surface area contributed by atoms with Crippen molar-refractivity contribution in [2.45, 2.75) is 31.6 Å². The first kappa shape index (κ1) is 24.1. The van der Waals surface area contributed by atoms with Crippen LogP contribution in [0.25, 0.3) is 33.4 Å². The third kappa shape index (κ3) is 3.16. The number of fused-ring (bicyclic) bond motifs is 6. The van der Waals surface area contributed by atoms with Crippen LogP contribution in [-0.4, -0.2) is 0 Å². The van der Waals surface area contributed by atoms with Crippen molar-refractivity contribution in [2.75, 3.05) is 0 Å². The van der Waals surface area contributed by atoms with E-state index in [1.54, 1.807) is 0 Å². The summed E-state index contributed by atoms with van der Waals surface area (Å²) >= 11 is 0. The Morgan fingerprint density at radius 2 is 0.976 bits per heavy atom. The maximum atomic E-state index is 2.47. The Bertz CT molecular complexity index is 1920. The van der Waals surface area contributed by atoms with E-state index in [9.17, 15) is 0 Å². The average Bonchev–Trinajstić information content (AvgIpc) is 3.45. The summed E-state index contributed by atoms with van der Waals surface area (Å²) in [5, 5.41) is 0. The van der Waals surface area contributed by atoms with Gasteiger partial charge in [-0.25, -0.2) is 0 Å². The first-order valence-corrected chi connectivity index (χ1v) is 14.6. The molecular weight excluding hydrogens is 492 g/mol. The highest BCUT2D eigenvalue weighted by molar-refractivity contribution is 5.96. The minimum absolute atomic E-state index is 0.0413. The summed E-state index contributed by atoms with van der Waals surface area (Å²) in [6, 6.07) is 52.0. The molecule has 0 aromatic heterocycles. The first-order chi connectivity index (χ1) is 20.0. The number of hydrogen-bond acceptors (Lipinski definition) is 0. The van der Waals surface area contributed by atoms with Crippen LogP contribution in [0.15, 0.2) is 140 Å². The van der Waals surface area contributed by atoms with Crippen molar-refractivity contribution >= 4 is 0 Å². The van der Waals surface area contributed by atoms with Crippen molar-refractivity contribution in [3.8, 4) is 33.4 Å². The van der Waals surface area contributed by atoms with Gasteiger partial charge in [-0.2, -0.15) is 0 Å². The Morgan fingerprint density at radius 1 is 0.415 bits per heavy atom. The van der Waals surface area contributed by atoms with E-state index >= 15 is 0 Å². The lowest BCUT2D eigenvalue weighted by molar-refractivity contribution is 0.660. The van der Waals surface area contributed by atoms with Crippen LogP contribution in [0.3, 0.4) is 0 Å². The van der Waals surface area contributed by atoms with Crippen molar-refractivity contribution < 1.29 is 0 Å². The van der Waals surface area contributed by atoms with Crippen LogP contribution in [0.4, 0.5) is 0 Å². The molecule has 41 heavy (non-hydrogen) atoms. The number of rotatable bonds is 3. The van der Waals surface area contributed by atoms with Crippen molar-refractivity contribution in [3.05, 3.63) is 178 Å². The molecule has 0 nitrogen and oxygen atoms in total. The molecule has 2 aliphatic carbocycles. The van der Waals surface area contributed by atoms with Gasteiger partial charge in [0.2, 0.25) is 0 Å². The molecule has 0 amide bonds. The van der Waals surface area contributed by atoms with Crippen LogP contribution in [0.5, 0.6) is 0 Å². The van der Waals surface area contributed by atoms with E-state index in [-0.39, 0.29) is 10.8 Å². The van der Waals surface area contributed by atoms with Gasteiger partial charge < -0.3 is 0 Å². The summed E-state index contributed by atoms with van der Waals surface area (Å²) < 4.78 is 0. The zero-order valence-corrected chi connectivity index (χ0v) is 23.8. The van der Waals surface area contributed by atoms with Crippen LogP contribution >= 0.6 is 0 Å². The molecule has 0 bridgehead atoms. The maximum absolute atomic E-state index is 2.47. The topological polar surface area (TPSA) is 0 Å². The fourth-order valence-electron chi connectivity index (χ4n) is 7.87. The molecule has 0 N–H and O–H groups in total. The van der Waals surface area contributed by atoms with Crippen LogP contribution in [0.2, 0.25) is 0 Å². The van der Waals surface area contributed by atoms with E-state index in [4.69, 9.17) is 0 Å². The Kier molecular flexibility index (Phi) is 5.10. The normalized spacial score (nSPS) is 15.1. The molecule has 6 aromatic carbocycles. The Morgan fingerprint density at radius 3 is 1.71 bits per heavy atom. The highest BCUT2D eigenvalue weighted by Crippen LogP contribution is 2.59. The molecule has 0 heterocycles. The number of benzene rings is 6. The van der Waals surface area contributed by atoms with E-state index < -0.39 is 0 Å². The predicted molar refractivity (Wildman–Crippen MR) is 171 cm³/mol. The highest BCUT2D eigenvalue weighted by atomic mass is 14.5. The van der Waals surface area contributed by atoms with Gasteiger partial charge in [-0.3, -0.25) is 0 Å². The van der Waals surface area contributed by atoms with Crippen LogP contribution in [-0.2, 0) is 10.8 Å². The van der Waals surface area contributed by atoms with Crippen LogP contribution in [0.1, 0.15) is 52.8 Å². The van der Waals surface area contributed by atoms with Crippen molar-refractivity contribution in [3.63, 3.8) is 0 Å². The van der Waals surface area contributed by atoms with E-state index in [1.165, 1.54) is 72.3 Å². The summed E-state index contributed by atoms with van der Waals surface area (Å²) in [6.45, 7) is 6.99. The summed E-state index contributed by atoms with van der Waals surface area (Å²) in [7, 11) is 0. The second-order valence-corrected chi connectivity index (χ2v) is 12.1. The molecule has 0 saturated heterocycles. The molecule has 0 fully saturated rings. The number of hydrogen-bond donors (Lipinski definition) is 0. The highest BCUT2D eigenvalue weighted by Gasteiger charge is 2.47. The maximum Gasteiger partial charge on any atom is 0.0713 e. The largest absolute Gasteiger partial charge is 0.0713 e. The van der Waals surface area contributed by atoms with Gasteiger partial charge in [0.25, 0.3) is 0 Å². The zero-order valence-electron chi connectivity index (χ0n) is 23.8. The molecule has 0 radical (unpaired) electrons. The lowest BCUT2D eigenvalue weighted by atomic mass is 9.67. The molecule has 0 heteroatoms. The van der Waals surface area contributed by atoms with Crippen molar-refractivity contribution in [2.24, 2.45) is 0 Å². The molecule has 0 spiro atoms. The van der Waals surface area contributed by atoms with Crippen LogP contribution < -0.4 is 0 Å². The standard InChI is InChI=1S/C41H32/c1-27-14-12-22-35-38(27)33-25-24-28(26-37(33)40(35,2)3)31-20-13-23-36-39(31)32-19-10-11-21-34(32)41(36,29-15-6-4-7-16-29)30-17-8-5-9-18-30/h4-26H,1-3H3. The van der Waals surface area contributed by atoms with Crippen molar-refractivity contribution in [1.82, 2.24) is 0 Å². The van der Waals surface area contributed by atoms with E-state index in [2.05, 4.69) is 160 Å². The van der Waals surface area contributed by atoms with Gasteiger partial charge in [0, 0.05) is 5.41 Å². The lowest BCUT2D eigenvalue weighted by Gasteiger charge is -2.34. The molecule has 196 valence electrons. The third-order valence-electron chi connectivity index (χ3n) is 9.70. The molecule has 2 aliphatic rings. The summed E-state index contributed by atoms with van der Waals surface area (Å²) in [5.41, 5.74) is 17.1. The Labute approximate surface area is 243 Å². The molecule has 0 unspecified atom stereocenters. The van der Waals surface area contributed by atoms with Gasteiger partial charge in [-0.15, -0.1) is 0 Å². The molecule has 0 aliphatic heterocycles. The zero-order chi connectivity index (χ0) is 27.8. The van der Waals surface area contributed by atoms with E-state index in [0.29, 0.717) is 0 Å². The molecule has 0 atom stereocenters. The fraction of sp³-hybridized carbons (Fsp3) is 0.122. The monoisotopic (exact) mass is 524 g/mol. The summed E-state index contributed by atoms with van der Waals surface area (Å²) in [4.78, 5) is 0. The quantitative estimate of drug-likeness (QED) is 0.216. The molecule has 0 saturated carbocycles. The first-order valence-electron chi connectivity index (χ1n) is 14.6. The molecule has 8 rings (SSSR count). The van der Waals surface area contributed by atoms with Gasteiger partial charge in [-0.05, 0) is 85.3 Å². The van der Waals surface area contributed by atoms with Gasteiger partial charge in [0.05, 0.1) is 5.41 Å². The minimum atomic E-state index is -0.381. The van der Waals surface area contributed by atoms with Crippen molar-refractivity contribution in [1.29, 1.82) is 0 Å². The smallest absolute Gasteiger partial charge is 0.0622 e. The molecular formula is C41H32. The second-order valence-electron chi connectivity index (χ2n) is 12.1. The Balaban J connectivity index is 1.43. The number of aryl methyl sites for hydroxylation is 1. The Hall–Kier alpha value is -4.68. The third-order valence-corrected chi connectivity index (χ3v) is 9.70. The minimum Gasteiger partial charge on any atom is -0.0622 e. The summed E-state index contributed by atoms with van der Waals surface area (Å²) in [5.74, 6) is 0. The second kappa shape index (κ2) is 8.66. The van der Waals surface area contributed by atoms with Gasteiger partial charge in [-0.1, -0.05) is 147 Å². The van der Waals surface area contributed by atoms with Crippen LogP contribution in [0, 0.1) is 6.92 Å². The van der Waals surface area contributed by atoms with E-state index in [0.717, 1.165) is 0 Å². The average molecular weight is 525 g/mol. The van der Waals surface area contributed by atoms with E-state index in [1.807, 2.05) is 0 Å². The van der Waals surface area contributed by atoms with Gasteiger partial charge in [0.15, 0.2) is 0 Å². The predicted octanol–water partition coefficient (Wildman–Crippen LogP) is 10.3. The molecule has 6 aromatic rings. The lowest BCUT2D eigenvalue weighted by Crippen LogP contribution is -2.28. The van der Waals surface area contributed by atoms with Gasteiger partial charge >= 0.3 is 0 Å². The summed E-state index contributed by atoms with van der Waals surface area (Å²) in [6.07, 6.45) is 0. The SMILES string of the molecule is Cc1cccc2c1-c1ccc(-c3cccc4c3-c3ccccc3C4(c3ccccc3)c3ccccc3)cc1C2(C)C. The van der Waals surface area contributed by atoms with Gasteiger partial charge in [0.1, 0.15) is 0 Å².